The first-order valence-electron chi connectivity index (χ1n) is 6.50. The van der Waals surface area contributed by atoms with E-state index in [1.54, 1.807) is 6.20 Å². The van der Waals surface area contributed by atoms with Crippen molar-refractivity contribution in [2.75, 3.05) is 0 Å². The number of aromatic nitrogens is 1. The third-order valence-corrected chi connectivity index (χ3v) is 4.24. The minimum Gasteiger partial charge on any atom is -0.327 e. The predicted octanol–water partition coefficient (Wildman–Crippen LogP) is 1.81. The Labute approximate surface area is 101 Å². The second-order valence-corrected chi connectivity index (χ2v) is 5.24. The lowest BCUT2D eigenvalue weighted by atomic mass is 9.88. The molecule has 2 aliphatic carbocycles. The number of nitrogens with two attached hydrogens (primary N) is 1. The fourth-order valence-corrected chi connectivity index (χ4v) is 3.29. The monoisotopic (exact) mass is 230 g/mol. The van der Waals surface area contributed by atoms with Gasteiger partial charge in [0, 0.05) is 18.2 Å². The first-order valence-corrected chi connectivity index (χ1v) is 6.50. The molecule has 0 saturated heterocycles. The molecule has 1 saturated carbocycles. The molecule has 3 rings (SSSR count). The Balaban J connectivity index is 1.84. The molecule has 3 atom stereocenters. The molecular weight excluding hydrogens is 212 g/mol. The van der Waals surface area contributed by atoms with Crippen LogP contribution in [0.15, 0.2) is 18.3 Å². The van der Waals surface area contributed by atoms with E-state index in [0.29, 0.717) is 5.78 Å². The Morgan fingerprint density at radius 2 is 2.24 bits per heavy atom. The molecule has 0 spiro atoms. The van der Waals surface area contributed by atoms with Gasteiger partial charge in [0.05, 0.1) is 11.6 Å². The second-order valence-electron chi connectivity index (χ2n) is 5.24. The molecule has 90 valence electrons. The van der Waals surface area contributed by atoms with E-state index < -0.39 is 0 Å². The van der Waals surface area contributed by atoms with Crippen LogP contribution in [0.3, 0.4) is 0 Å². The molecule has 0 amide bonds. The maximum Gasteiger partial charge on any atom is 0.146 e. The summed E-state index contributed by atoms with van der Waals surface area (Å²) in [6.07, 6.45) is 6.77. The van der Waals surface area contributed by atoms with Gasteiger partial charge in [-0.2, -0.15) is 0 Å². The molecule has 2 N–H and O–H groups in total. The Morgan fingerprint density at radius 1 is 1.35 bits per heavy atom. The van der Waals surface area contributed by atoms with Crippen molar-refractivity contribution in [2.45, 2.75) is 44.1 Å². The molecule has 0 radical (unpaired) electrons. The molecule has 1 fully saturated rings. The van der Waals surface area contributed by atoms with Crippen molar-refractivity contribution in [1.82, 2.24) is 4.98 Å². The largest absolute Gasteiger partial charge is 0.327 e. The quantitative estimate of drug-likeness (QED) is 0.843. The number of Topliss-reactive ketones (excluding diaryl/α,β-unsaturated/α-hetero) is 1. The fourth-order valence-electron chi connectivity index (χ4n) is 3.29. The van der Waals surface area contributed by atoms with Gasteiger partial charge < -0.3 is 5.73 Å². The molecule has 3 nitrogen and oxygen atoms in total. The zero-order chi connectivity index (χ0) is 11.8. The number of aryl methyl sites for hydroxylation is 1. The van der Waals surface area contributed by atoms with E-state index in [2.05, 4.69) is 11.1 Å². The van der Waals surface area contributed by atoms with Crippen LogP contribution in [0.5, 0.6) is 0 Å². The van der Waals surface area contributed by atoms with Crippen LogP contribution in [0.2, 0.25) is 0 Å². The molecule has 1 heterocycles. The molecule has 17 heavy (non-hydrogen) atoms. The zero-order valence-corrected chi connectivity index (χ0v) is 9.93. The Morgan fingerprint density at radius 3 is 3.00 bits per heavy atom. The van der Waals surface area contributed by atoms with E-state index in [0.717, 1.165) is 37.8 Å². The smallest absolute Gasteiger partial charge is 0.146 e. The van der Waals surface area contributed by atoms with Crippen LogP contribution >= 0.6 is 0 Å². The number of pyridine rings is 1. The third kappa shape index (κ3) is 1.78. The van der Waals surface area contributed by atoms with Crippen molar-refractivity contribution in [3.05, 3.63) is 29.6 Å². The number of hydrogen-bond donors (Lipinski definition) is 1. The van der Waals surface area contributed by atoms with Gasteiger partial charge in [-0.25, -0.2) is 0 Å². The molecule has 3 heteroatoms. The van der Waals surface area contributed by atoms with Crippen molar-refractivity contribution in [3.63, 3.8) is 0 Å². The van der Waals surface area contributed by atoms with E-state index in [1.165, 1.54) is 5.56 Å². The number of nitrogens with zero attached hydrogens (tertiary/aromatic N) is 1. The minimum absolute atomic E-state index is 0.0142. The number of carbonyl (C=O) groups excluding carboxylic acids is 1. The lowest BCUT2D eigenvalue weighted by molar-refractivity contribution is -0.124. The molecule has 0 bridgehead atoms. The normalized spacial score (nSPS) is 31.5. The number of hydrogen-bond acceptors (Lipinski definition) is 3. The number of fused-ring (bicyclic) bond motifs is 1. The summed E-state index contributed by atoms with van der Waals surface area (Å²) in [6, 6.07) is 4.12. The summed E-state index contributed by atoms with van der Waals surface area (Å²) in [6.45, 7) is 0. The maximum absolute atomic E-state index is 12.5. The van der Waals surface area contributed by atoms with Gasteiger partial charge in [0.1, 0.15) is 5.78 Å². The van der Waals surface area contributed by atoms with E-state index in [9.17, 15) is 4.79 Å². The lowest BCUT2D eigenvalue weighted by Crippen LogP contribution is -2.33. The molecule has 2 aliphatic rings. The third-order valence-electron chi connectivity index (χ3n) is 4.24. The van der Waals surface area contributed by atoms with Gasteiger partial charge in [0.25, 0.3) is 0 Å². The summed E-state index contributed by atoms with van der Waals surface area (Å²) in [5.74, 6) is 0.431. The molecular formula is C14H18N2O. The van der Waals surface area contributed by atoms with Crippen LogP contribution in [-0.4, -0.2) is 16.8 Å². The Hall–Kier alpha value is -1.22. The van der Waals surface area contributed by atoms with Gasteiger partial charge >= 0.3 is 0 Å². The van der Waals surface area contributed by atoms with Crippen molar-refractivity contribution >= 4 is 5.78 Å². The maximum atomic E-state index is 12.5. The number of ketones is 1. The highest BCUT2D eigenvalue weighted by atomic mass is 16.1. The van der Waals surface area contributed by atoms with Crippen LogP contribution in [0, 0.1) is 5.92 Å². The van der Waals surface area contributed by atoms with Gasteiger partial charge in [-0.15, -0.1) is 0 Å². The van der Waals surface area contributed by atoms with E-state index in [4.69, 9.17) is 5.73 Å². The SMILES string of the molecule is NC1CCCC1C(=O)C1CCc2cccnc21. The molecule has 1 aromatic heterocycles. The summed E-state index contributed by atoms with van der Waals surface area (Å²) in [5, 5.41) is 0. The van der Waals surface area contributed by atoms with Gasteiger partial charge in [-0.3, -0.25) is 9.78 Å². The van der Waals surface area contributed by atoms with E-state index in [-0.39, 0.29) is 17.9 Å². The van der Waals surface area contributed by atoms with Crippen LogP contribution in [0.4, 0.5) is 0 Å². The Bertz CT molecular complexity index is 444. The summed E-state index contributed by atoms with van der Waals surface area (Å²) in [7, 11) is 0. The lowest BCUT2D eigenvalue weighted by Gasteiger charge is -2.18. The predicted molar refractivity (Wildman–Crippen MR) is 65.6 cm³/mol. The second kappa shape index (κ2) is 4.22. The fraction of sp³-hybridized carbons (Fsp3) is 0.571. The van der Waals surface area contributed by atoms with Gasteiger partial charge in [-0.1, -0.05) is 12.5 Å². The Kier molecular flexibility index (Phi) is 2.71. The van der Waals surface area contributed by atoms with Crippen molar-refractivity contribution < 1.29 is 4.79 Å². The molecule has 1 aromatic rings. The average Bonchev–Trinajstić information content (AvgIpc) is 2.94. The highest BCUT2D eigenvalue weighted by molar-refractivity contribution is 5.89. The first-order chi connectivity index (χ1) is 8.27. The average molecular weight is 230 g/mol. The van der Waals surface area contributed by atoms with Crippen molar-refractivity contribution in [2.24, 2.45) is 11.7 Å². The molecule has 3 unspecified atom stereocenters. The number of rotatable bonds is 2. The summed E-state index contributed by atoms with van der Waals surface area (Å²) in [5.41, 5.74) is 8.28. The number of carbonyl (C=O) groups is 1. The molecule has 0 aromatic carbocycles. The highest BCUT2D eigenvalue weighted by Gasteiger charge is 2.38. The standard InChI is InChI=1S/C14H18N2O/c15-12-5-1-4-10(12)14(17)11-7-6-9-3-2-8-16-13(9)11/h2-3,8,10-12H,1,4-7,15H2. The van der Waals surface area contributed by atoms with Gasteiger partial charge in [-0.05, 0) is 37.3 Å². The summed E-state index contributed by atoms with van der Waals surface area (Å²) < 4.78 is 0. The van der Waals surface area contributed by atoms with Crippen LogP contribution in [0.1, 0.15) is 42.9 Å². The first kappa shape index (κ1) is 10.9. The van der Waals surface area contributed by atoms with Crippen molar-refractivity contribution in [3.8, 4) is 0 Å². The topological polar surface area (TPSA) is 56.0 Å². The van der Waals surface area contributed by atoms with E-state index >= 15 is 0 Å². The minimum atomic E-state index is 0.0142. The van der Waals surface area contributed by atoms with Crippen molar-refractivity contribution in [1.29, 1.82) is 0 Å². The van der Waals surface area contributed by atoms with Gasteiger partial charge in [0.15, 0.2) is 0 Å². The highest BCUT2D eigenvalue weighted by Crippen LogP contribution is 2.37. The molecule has 0 aliphatic heterocycles. The van der Waals surface area contributed by atoms with Crippen LogP contribution in [0.25, 0.3) is 0 Å². The van der Waals surface area contributed by atoms with Gasteiger partial charge in [0.2, 0.25) is 0 Å². The van der Waals surface area contributed by atoms with E-state index in [1.807, 2.05) is 6.07 Å². The summed E-state index contributed by atoms with van der Waals surface area (Å²) in [4.78, 5) is 16.9. The zero-order valence-electron chi connectivity index (χ0n) is 9.93. The van der Waals surface area contributed by atoms with Crippen LogP contribution in [-0.2, 0) is 11.2 Å². The van der Waals surface area contributed by atoms with Crippen LogP contribution < -0.4 is 5.73 Å². The summed E-state index contributed by atoms with van der Waals surface area (Å²) >= 11 is 0.